The highest BCUT2D eigenvalue weighted by atomic mass is 32.2. The largest absolute Gasteiger partial charge is 0.299 e. The van der Waals surface area contributed by atoms with Gasteiger partial charge in [0.25, 0.3) is 0 Å². The van der Waals surface area contributed by atoms with E-state index in [1.165, 1.54) is 11.1 Å². The molecule has 0 N–H and O–H groups in total. The lowest BCUT2D eigenvalue weighted by Gasteiger charge is -2.01. The van der Waals surface area contributed by atoms with Gasteiger partial charge in [-0.15, -0.1) is 11.8 Å². The molecule has 0 amide bonds. The summed E-state index contributed by atoms with van der Waals surface area (Å²) >= 11 is 1.70. The molecular formula is C12H16OS. The van der Waals surface area contributed by atoms with E-state index in [0.717, 1.165) is 5.75 Å². The van der Waals surface area contributed by atoms with Crippen LogP contribution in [0, 0.1) is 6.92 Å². The molecule has 0 radical (unpaired) electrons. The van der Waals surface area contributed by atoms with Crippen LogP contribution < -0.4 is 0 Å². The lowest BCUT2D eigenvalue weighted by molar-refractivity contribution is -0.116. The molecule has 0 saturated heterocycles. The average Bonchev–Trinajstić information content (AvgIpc) is 2.17. The number of thioether (sulfide) groups is 1. The fourth-order valence-corrected chi connectivity index (χ4v) is 2.14. The van der Waals surface area contributed by atoms with Crippen molar-refractivity contribution in [1.29, 1.82) is 0 Å². The van der Waals surface area contributed by atoms with Crippen molar-refractivity contribution < 1.29 is 4.79 Å². The van der Waals surface area contributed by atoms with Crippen molar-refractivity contribution in [1.82, 2.24) is 0 Å². The van der Waals surface area contributed by atoms with Gasteiger partial charge in [0, 0.05) is 12.2 Å². The first-order valence-electron chi connectivity index (χ1n) is 4.87. The molecule has 0 bridgehead atoms. The summed E-state index contributed by atoms with van der Waals surface area (Å²) < 4.78 is 0. The minimum Gasteiger partial charge on any atom is -0.299 e. The number of hydrogen-bond acceptors (Lipinski definition) is 2. The molecule has 76 valence electrons. The topological polar surface area (TPSA) is 17.1 Å². The quantitative estimate of drug-likeness (QED) is 0.739. The highest BCUT2D eigenvalue weighted by molar-refractivity contribution is 7.99. The lowest BCUT2D eigenvalue weighted by atomic mass is 10.2. The molecule has 0 aliphatic heterocycles. The average molecular weight is 208 g/mol. The summed E-state index contributed by atoms with van der Waals surface area (Å²) in [6.07, 6.45) is 0.654. The normalized spacial score (nSPS) is 10.1. The molecule has 0 aliphatic rings. The highest BCUT2D eigenvalue weighted by Gasteiger charge is 1.99. The van der Waals surface area contributed by atoms with Crippen molar-refractivity contribution in [3.05, 3.63) is 35.4 Å². The zero-order chi connectivity index (χ0) is 10.4. The van der Waals surface area contributed by atoms with Gasteiger partial charge in [0.05, 0.1) is 5.75 Å². The molecule has 0 aliphatic carbocycles. The molecule has 1 rings (SSSR count). The molecule has 1 aromatic rings. The van der Waals surface area contributed by atoms with E-state index in [0.29, 0.717) is 18.0 Å². The molecule has 0 spiro atoms. The van der Waals surface area contributed by atoms with E-state index >= 15 is 0 Å². The third-order valence-electron chi connectivity index (χ3n) is 2.01. The van der Waals surface area contributed by atoms with Crippen LogP contribution in [0.2, 0.25) is 0 Å². The van der Waals surface area contributed by atoms with Crippen molar-refractivity contribution >= 4 is 17.5 Å². The molecule has 0 fully saturated rings. The van der Waals surface area contributed by atoms with E-state index in [1.807, 2.05) is 6.92 Å². The second-order valence-corrected chi connectivity index (χ2v) is 4.36. The molecule has 1 nitrogen and oxygen atoms in total. The number of hydrogen-bond donors (Lipinski definition) is 0. The van der Waals surface area contributed by atoms with Gasteiger partial charge >= 0.3 is 0 Å². The van der Waals surface area contributed by atoms with Gasteiger partial charge in [-0.3, -0.25) is 4.79 Å². The van der Waals surface area contributed by atoms with Crippen LogP contribution in [0.3, 0.4) is 0 Å². The third kappa shape index (κ3) is 3.97. The molecule has 0 heterocycles. The van der Waals surface area contributed by atoms with E-state index < -0.39 is 0 Å². The Hall–Kier alpha value is -0.760. The van der Waals surface area contributed by atoms with Gasteiger partial charge in [-0.05, 0) is 12.5 Å². The second-order valence-electron chi connectivity index (χ2n) is 3.37. The summed E-state index contributed by atoms with van der Waals surface area (Å²) in [5, 5.41) is 0. The van der Waals surface area contributed by atoms with Gasteiger partial charge in [-0.25, -0.2) is 0 Å². The van der Waals surface area contributed by atoms with Gasteiger partial charge in [-0.2, -0.15) is 0 Å². The summed E-state index contributed by atoms with van der Waals surface area (Å²) in [5.41, 5.74) is 2.59. The summed E-state index contributed by atoms with van der Waals surface area (Å²) in [7, 11) is 0. The van der Waals surface area contributed by atoms with Crippen LogP contribution in [0.5, 0.6) is 0 Å². The van der Waals surface area contributed by atoms with Gasteiger partial charge in [0.2, 0.25) is 0 Å². The molecule has 1 aromatic carbocycles. The van der Waals surface area contributed by atoms with E-state index in [-0.39, 0.29) is 0 Å². The molecule has 2 heteroatoms. The number of ketones is 1. The van der Waals surface area contributed by atoms with Crippen LogP contribution in [0.1, 0.15) is 24.5 Å². The Balaban J connectivity index is 2.35. The lowest BCUT2D eigenvalue weighted by Crippen LogP contribution is -1.98. The smallest absolute Gasteiger partial charge is 0.142 e. The Morgan fingerprint density at radius 1 is 1.43 bits per heavy atom. The first kappa shape index (κ1) is 11.3. The number of carbonyl (C=O) groups is 1. The Morgan fingerprint density at radius 2 is 2.21 bits per heavy atom. The van der Waals surface area contributed by atoms with E-state index in [4.69, 9.17) is 0 Å². The first-order chi connectivity index (χ1) is 6.72. The van der Waals surface area contributed by atoms with E-state index in [2.05, 4.69) is 31.2 Å². The van der Waals surface area contributed by atoms with Gasteiger partial charge in [0.1, 0.15) is 5.78 Å². The number of aryl methyl sites for hydroxylation is 1. The van der Waals surface area contributed by atoms with Gasteiger partial charge in [-0.1, -0.05) is 36.8 Å². The molecule has 0 aromatic heterocycles. The number of Topliss-reactive ketones (excluding diaryl/α,β-unsaturated/α-hetero) is 1. The second kappa shape index (κ2) is 5.86. The van der Waals surface area contributed by atoms with Crippen molar-refractivity contribution in [2.75, 3.05) is 5.75 Å². The molecule has 14 heavy (non-hydrogen) atoms. The Bertz CT molecular complexity index is 307. The minimum atomic E-state index is 0.336. The maximum absolute atomic E-state index is 11.0. The third-order valence-corrected chi connectivity index (χ3v) is 3.07. The highest BCUT2D eigenvalue weighted by Crippen LogP contribution is 2.13. The minimum absolute atomic E-state index is 0.336. The Kier molecular flexibility index (Phi) is 4.74. The van der Waals surface area contributed by atoms with Crippen LogP contribution in [0.15, 0.2) is 24.3 Å². The van der Waals surface area contributed by atoms with Crippen LogP contribution in [-0.2, 0) is 10.5 Å². The van der Waals surface area contributed by atoms with Crippen molar-refractivity contribution in [3.8, 4) is 0 Å². The van der Waals surface area contributed by atoms with Crippen molar-refractivity contribution in [2.45, 2.75) is 26.0 Å². The molecule has 0 saturated carbocycles. The number of benzene rings is 1. The predicted octanol–water partition coefficient (Wildman–Crippen LogP) is 3.21. The van der Waals surface area contributed by atoms with Crippen LogP contribution in [0.4, 0.5) is 0 Å². The maximum atomic E-state index is 11.0. The summed E-state index contributed by atoms with van der Waals surface area (Å²) in [6.45, 7) is 4.00. The van der Waals surface area contributed by atoms with Crippen LogP contribution in [0.25, 0.3) is 0 Å². The number of carbonyl (C=O) groups excluding carboxylic acids is 1. The molecule has 0 unspecified atom stereocenters. The zero-order valence-corrected chi connectivity index (χ0v) is 9.56. The zero-order valence-electron chi connectivity index (χ0n) is 8.75. The van der Waals surface area contributed by atoms with Crippen molar-refractivity contribution in [3.63, 3.8) is 0 Å². The fourth-order valence-electron chi connectivity index (χ4n) is 1.19. The van der Waals surface area contributed by atoms with Gasteiger partial charge in [0.15, 0.2) is 0 Å². The summed E-state index contributed by atoms with van der Waals surface area (Å²) in [4.78, 5) is 11.0. The monoisotopic (exact) mass is 208 g/mol. The summed E-state index contributed by atoms with van der Waals surface area (Å²) in [5.74, 6) is 1.92. The van der Waals surface area contributed by atoms with Crippen molar-refractivity contribution in [2.24, 2.45) is 0 Å². The SMILES string of the molecule is CCC(=O)CSCc1cccc(C)c1. The number of rotatable bonds is 5. The van der Waals surface area contributed by atoms with Crippen LogP contribution in [-0.4, -0.2) is 11.5 Å². The van der Waals surface area contributed by atoms with E-state index in [9.17, 15) is 4.79 Å². The van der Waals surface area contributed by atoms with Gasteiger partial charge < -0.3 is 0 Å². The first-order valence-corrected chi connectivity index (χ1v) is 6.03. The van der Waals surface area contributed by atoms with Crippen LogP contribution >= 0.6 is 11.8 Å². The Morgan fingerprint density at radius 3 is 2.86 bits per heavy atom. The summed E-state index contributed by atoms with van der Waals surface area (Å²) in [6, 6.07) is 8.43. The maximum Gasteiger partial charge on any atom is 0.142 e. The molecular weight excluding hydrogens is 192 g/mol. The molecule has 0 atom stereocenters. The predicted molar refractivity (Wildman–Crippen MR) is 62.6 cm³/mol. The van der Waals surface area contributed by atoms with E-state index in [1.54, 1.807) is 11.8 Å². The Labute approximate surface area is 89.9 Å². The standard InChI is InChI=1S/C12H16OS/c1-3-12(13)9-14-8-11-6-4-5-10(2)7-11/h4-7H,3,8-9H2,1-2H3. The fraction of sp³-hybridized carbons (Fsp3) is 0.417.